The van der Waals surface area contributed by atoms with Crippen LogP contribution >= 0.6 is 23.2 Å². The van der Waals surface area contributed by atoms with Crippen LogP contribution in [0.3, 0.4) is 0 Å². The zero-order valence-electron chi connectivity index (χ0n) is 10.2. The minimum absolute atomic E-state index is 0.304. The van der Waals surface area contributed by atoms with Gasteiger partial charge < -0.3 is 4.74 Å². The number of hydrogen-bond donors (Lipinski definition) is 0. The highest BCUT2D eigenvalue weighted by atomic mass is 35.5. The lowest BCUT2D eigenvalue weighted by Gasteiger charge is -2.24. The first-order valence-corrected chi connectivity index (χ1v) is 6.39. The molecule has 98 valence electrons. The zero-order valence-corrected chi connectivity index (χ0v) is 11.7. The van der Waals surface area contributed by atoms with E-state index in [1.807, 2.05) is 0 Å². The summed E-state index contributed by atoms with van der Waals surface area (Å²) in [5.74, 6) is -0.289. The molecule has 18 heavy (non-hydrogen) atoms. The van der Waals surface area contributed by atoms with E-state index in [-0.39, 0.29) is 0 Å². The van der Waals surface area contributed by atoms with Crippen LogP contribution in [0.2, 0.25) is 5.02 Å². The van der Waals surface area contributed by atoms with Gasteiger partial charge in [-0.1, -0.05) is 25.4 Å². The Morgan fingerprint density at radius 1 is 1.17 bits per heavy atom. The van der Waals surface area contributed by atoms with Crippen molar-refractivity contribution in [2.24, 2.45) is 5.41 Å². The van der Waals surface area contributed by atoms with Crippen LogP contribution in [0.1, 0.15) is 26.7 Å². The first kappa shape index (κ1) is 15.0. The molecule has 0 aliphatic carbocycles. The summed E-state index contributed by atoms with van der Waals surface area (Å²) in [6.07, 6.45) is 0.608. The van der Waals surface area contributed by atoms with Gasteiger partial charge in [-0.3, -0.25) is 9.59 Å². The Morgan fingerprint density at radius 2 is 1.67 bits per heavy atom. The van der Waals surface area contributed by atoms with Gasteiger partial charge in [0.25, 0.3) is 0 Å². The molecule has 1 aromatic carbocycles. The Hall–Kier alpha value is -1.06. The van der Waals surface area contributed by atoms with Gasteiger partial charge in [0.15, 0.2) is 0 Å². The van der Waals surface area contributed by atoms with Crippen LogP contribution in [0.25, 0.3) is 0 Å². The molecule has 0 N–H and O–H groups in total. The van der Waals surface area contributed by atoms with E-state index < -0.39 is 16.6 Å². The number of esters is 1. The Bertz CT molecular complexity index is 436. The lowest BCUT2D eigenvalue weighted by Crippen LogP contribution is -2.39. The molecule has 0 unspecified atom stereocenters. The summed E-state index contributed by atoms with van der Waals surface area (Å²) in [6.45, 7) is 3.46. The van der Waals surface area contributed by atoms with Gasteiger partial charge >= 0.3 is 5.97 Å². The molecule has 0 aromatic heterocycles. The second-order valence-corrected chi connectivity index (χ2v) is 4.69. The smallest absolute Gasteiger partial charge is 0.326 e. The SMILES string of the molecule is CCC(CC)(C(=O)Cl)C(=O)Oc1ccc(Cl)cc1. The maximum Gasteiger partial charge on any atom is 0.326 e. The molecule has 0 atom stereocenters. The lowest BCUT2D eigenvalue weighted by molar-refractivity contribution is -0.150. The summed E-state index contributed by atoms with van der Waals surface area (Å²) in [4.78, 5) is 23.5. The van der Waals surface area contributed by atoms with Gasteiger partial charge in [0, 0.05) is 5.02 Å². The van der Waals surface area contributed by atoms with Crippen molar-refractivity contribution >= 4 is 34.4 Å². The van der Waals surface area contributed by atoms with Crippen LogP contribution in [0.5, 0.6) is 5.75 Å². The maximum absolute atomic E-state index is 12.1. The van der Waals surface area contributed by atoms with Gasteiger partial charge in [-0.15, -0.1) is 0 Å². The fraction of sp³-hybridized carbons (Fsp3) is 0.385. The number of carbonyl (C=O) groups is 2. The average molecular weight is 289 g/mol. The Labute approximate surface area is 116 Å². The largest absolute Gasteiger partial charge is 0.426 e. The quantitative estimate of drug-likeness (QED) is 0.358. The third-order valence-corrected chi connectivity index (χ3v) is 3.61. The molecule has 0 radical (unpaired) electrons. The van der Waals surface area contributed by atoms with Crippen molar-refractivity contribution in [3.8, 4) is 5.75 Å². The average Bonchev–Trinajstić information content (AvgIpc) is 2.34. The van der Waals surface area contributed by atoms with Gasteiger partial charge in [0.05, 0.1) is 0 Å². The second-order valence-electron chi connectivity index (χ2n) is 3.91. The van der Waals surface area contributed by atoms with Crippen molar-refractivity contribution in [2.45, 2.75) is 26.7 Å². The van der Waals surface area contributed by atoms with Crippen molar-refractivity contribution in [2.75, 3.05) is 0 Å². The van der Waals surface area contributed by atoms with Crippen LogP contribution in [0.4, 0.5) is 0 Å². The van der Waals surface area contributed by atoms with Gasteiger partial charge in [0.1, 0.15) is 11.2 Å². The first-order chi connectivity index (χ1) is 8.46. The zero-order chi connectivity index (χ0) is 13.8. The van der Waals surface area contributed by atoms with Crippen molar-refractivity contribution in [3.63, 3.8) is 0 Å². The highest BCUT2D eigenvalue weighted by Crippen LogP contribution is 2.32. The molecule has 1 rings (SSSR count). The summed E-state index contributed by atoms with van der Waals surface area (Å²) >= 11 is 11.3. The van der Waals surface area contributed by atoms with E-state index in [1.54, 1.807) is 38.1 Å². The fourth-order valence-corrected chi connectivity index (χ4v) is 2.07. The predicted octanol–water partition coefficient (Wildman–Crippen LogP) is 3.82. The molecule has 5 heteroatoms. The normalized spacial score (nSPS) is 11.1. The molecule has 1 aromatic rings. The van der Waals surface area contributed by atoms with E-state index in [9.17, 15) is 9.59 Å². The standard InChI is InChI=1S/C13H14Cl2O3/c1-3-13(4-2,11(15)16)12(17)18-10-7-5-9(14)6-8-10/h5-8H,3-4H2,1-2H3. The number of carbonyl (C=O) groups excluding carboxylic acids is 2. The molecule has 0 amide bonds. The fourth-order valence-electron chi connectivity index (χ4n) is 1.60. The van der Waals surface area contributed by atoms with Crippen LogP contribution < -0.4 is 4.74 Å². The summed E-state index contributed by atoms with van der Waals surface area (Å²) in [7, 11) is 0. The highest BCUT2D eigenvalue weighted by Gasteiger charge is 2.43. The topological polar surface area (TPSA) is 43.4 Å². The Balaban J connectivity index is 2.92. The maximum atomic E-state index is 12.1. The number of hydrogen-bond acceptors (Lipinski definition) is 3. The monoisotopic (exact) mass is 288 g/mol. The Kier molecular flexibility index (Phi) is 5.17. The minimum atomic E-state index is -1.28. The van der Waals surface area contributed by atoms with E-state index in [1.165, 1.54) is 0 Å². The molecule has 0 spiro atoms. The summed E-state index contributed by atoms with van der Waals surface area (Å²) < 4.78 is 5.18. The van der Waals surface area contributed by atoms with Crippen molar-refractivity contribution in [1.29, 1.82) is 0 Å². The van der Waals surface area contributed by atoms with E-state index in [0.717, 1.165) is 0 Å². The molecule has 0 saturated heterocycles. The van der Waals surface area contributed by atoms with E-state index in [0.29, 0.717) is 23.6 Å². The number of halogens is 2. The molecule has 0 bridgehead atoms. The highest BCUT2D eigenvalue weighted by molar-refractivity contribution is 6.66. The van der Waals surface area contributed by atoms with Crippen LogP contribution in [-0.2, 0) is 9.59 Å². The van der Waals surface area contributed by atoms with E-state index >= 15 is 0 Å². The van der Waals surface area contributed by atoms with Gasteiger partial charge in [-0.05, 0) is 48.7 Å². The molecule has 0 aliphatic rings. The summed E-state index contributed by atoms with van der Waals surface area (Å²) in [5.41, 5.74) is -1.28. The van der Waals surface area contributed by atoms with Gasteiger partial charge in [0.2, 0.25) is 5.24 Å². The molecular formula is C13H14Cl2O3. The number of ether oxygens (including phenoxy) is 1. The third-order valence-electron chi connectivity index (χ3n) is 3.00. The van der Waals surface area contributed by atoms with E-state index in [4.69, 9.17) is 27.9 Å². The molecule has 0 aliphatic heterocycles. The summed E-state index contributed by atoms with van der Waals surface area (Å²) in [5, 5.41) is -0.146. The minimum Gasteiger partial charge on any atom is -0.426 e. The number of benzene rings is 1. The number of rotatable bonds is 5. The molecule has 0 heterocycles. The lowest BCUT2D eigenvalue weighted by atomic mass is 9.84. The van der Waals surface area contributed by atoms with Crippen molar-refractivity contribution in [1.82, 2.24) is 0 Å². The first-order valence-electron chi connectivity index (χ1n) is 5.64. The van der Waals surface area contributed by atoms with Crippen LogP contribution in [-0.4, -0.2) is 11.2 Å². The molecule has 0 saturated carbocycles. The van der Waals surface area contributed by atoms with Crippen molar-refractivity contribution in [3.05, 3.63) is 29.3 Å². The predicted molar refractivity (Wildman–Crippen MR) is 71.0 cm³/mol. The van der Waals surface area contributed by atoms with E-state index in [2.05, 4.69) is 0 Å². The molecule has 3 nitrogen and oxygen atoms in total. The third kappa shape index (κ3) is 3.03. The molecule has 0 fully saturated rings. The van der Waals surface area contributed by atoms with Crippen molar-refractivity contribution < 1.29 is 14.3 Å². The second kappa shape index (κ2) is 6.21. The van der Waals surface area contributed by atoms with Gasteiger partial charge in [-0.2, -0.15) is 0 Å². The van der Waals surface area contributed by atoms with Crippen LogP contribution in [0.15, 0.2) is 24.3 Å². The summed E-state index contributed by atoms with van der Waals surface area (Å²) in [6, 6.07) is 6.34. The Morgan fingerprint density at radius 3 is 2.06 bits per heavy atom. The molecular weight excluding hydrogens is 275 g/mol. The van der Waals surface area contributed by atoms with Crippen LogP contribution in [0, 0.1) is 5.41 Å². The van der Waals surface area contributed by atoms with Gasteiger partial charge in [-0.25, -0.2) is 0 Å².